The molecule has 0 aliphatic carbocycles. The van der Waals surface area contributed by atoms with Crippen LogP contribution in [-0.4, -0.2) is 4.40 Å². The Morgan fingerprint density at radius 3 is 1.61 bits per heavy atom. The van der Waals surface area contributed by atoms with Gasteiger partial charge in [-0.05, 0) is 77.2 Å². The summed E-state index contributed by atoms with van der Waals surface area (Å²) in [6, 6.07) is 69.1. The van der Waals surface area contributed by atoms with Gasteiger partial charge in [0.25, 0.3) is 0 Å². The van der Waals surface area contributed by atoms with E-state index in [0.29, 0.717) is 0 Å². The van der Waals surface area contributed by atoms with E-state index in [0.717, 1.165) is 66.5 Å². The average molecular weight is 717 g/mol. The number of fused-ring (bicyclic) bond motifs is 11. The van der Waals surface area contributed by atoms with Gasteiger partial charge in [0.15, 0.2) is 0 Å². The fraction of sp³-hybridized carbons (Fsp3) is 0. The largest absolute Gasteiger partial charge is 0.456 e. The van der Waals surface area contributed by atoms with Crippen LogP contribution in [0.25, 0.3) is 93.5 Å². The molecule has 0 saturated carbocycles. The first-order valence-corrected chi connectivity index (χ1v) is 19.0. The minimum atomic E-state index is 0.851. The monoisotopic (exact) mass is 716 g/mol. The Labute approximate surface area is 321 Å². The van der Waals surface area contributed by atoms with Gasteiger partial charge in [0, 0.05) is 67.3 Å². The fourth-order valence-corrected chi connectivity index (χ4v) is 8.86. The second-order valence-electron chi connectivity index (χ2n) is 14.5. The summed E-state index contributed by atoms with van der Waals surface area (Å²) in [7, 11) is 0. The van der Waals surface area contributed by atoms with Gasteiger partial charge in [-0.25, -0.2) is 0 Å². The van der Waals surface area contributed by atoms with Gasteiger partial charge in [-0.15, -0.1) is 0 Å². The summed E-state index contributed by atoms with van der Waals surface area (Å²) in [5.74, 6) is 0. The van der Waals surface area contributed by atoms with Crippen molar-refractivity contribution in [2.45, 2.75) is 0 Å². The van der Waals surface area contributed by atoms with E-state index < -0.39 is 0 Å². The Morgan fingerprint density at radius 2 is 0.929 bits per heavy atom. The number of hydrogen-bond donors (Lipinski definition) is 0. The highest BCUT2D eigenvalue weighted by Gasteiger charge is 2.20. The number of furan rings is 2. The van der Waals surface area contributed by atoms with E-state index in [1.807, 2.05) is 24.3 Å². The summed E-state index contributed by atoms with van der Waals surface area (Å²) < 4.78 is 15.2. The molecule has 0 unspecified atom stereocenters. The van der Waals surface area contributed by atoms with E-state index in [4.69, 9.17) is 8.83 Å². The molecule has 0 aliphatic rings. The van der Waals surface area contributed by atoms with Crippen molar-refractivity contribution in [1.29, 1.82) is 0 Å². The van der Waals surface area contributed by atoms with Crippen molar-refractivity contribution in [1.82, 2.24) is 4.40 Å². The molecule has 4 heterocycles. The Bertz CT molecular complexity index is 3370. The summed E-state index contributed by atoms with van der Waals surface area (Å²) in [5, 5.41) is 6.87. The van der Waals surface area contributed by atoms with Crippen molar-refractivity contribution in [3.63, 3.8) is 0 Å². The van der Waals surface area contributed by atoms with Crippen LogP contribution >= 0.6 is 0 Å². The Morgan fingerprint density at radius 1 is 0.357 bits per heavy atom. The summed E-state index contributed by atoms with van der Waals surface area (Å²) in [6.45, 7) is 0. The van der Waals surface area contributed by atoms with Crippen LogP contribution in [0.3, 0.4) is 0 Å². The molecule has 4 nitrogen and oxygen atoms in total. The molecule has 4 heteroatoms. The highest BCUT2D eigenvalue weighted by Crippen LogP contribution is 2.43. The molecular formula is C52H32N2O2. The zero-order valence-electron chi connectivity index (χ0n) is 30.2. The summed E-state index contributed by atoms with van der Waals surface area (Å²) in [6.07, 6.45) is 0. The van der Waals surface area contributed by atoms with E-state index in [1.165, 1.54) is 44.0 Å². The highest BCUT2D eigenvalue weighted by atomic mass is 16.3. The Hall–Kier alpha value is -7.56. The predicted octanol–water partition coefficient (Wildman–Crippen LogP) is 14.8. The molecule has 8 aromatic carbocycles. The van der Waals surface area contributed by atoms with Gasteiger partial charge in [-0.3, -0.25) is 0 Å². The molecule has 262 valence electrons. The van der Waals surface area contributed by atoms with Crippen LogP contribution in [0.15, 0.2) is 203 Å². The number of hydrogen-bond acceptors (Lipinski definition) is 3. The van der Waals surface area contributed by atoms with Crippen LogP contribution in [0, 0.1) is 0 Å². The number of aromatic nitrogens is 1. The molecule has 0 fully saturated rings. The third-order valence-corrected chi connectivity index (χ3v) is 11.4. The van der Waals surface area contributed by atoms with E-state index in [1.54, 1.807) is 0 Å². The zero-order chi connectivity index (χ0) is 36.7. The van der Waals surface area contributed by atoms with Crippen LogP contribution in [0.4, 0.5) is 17.1 Å². The predicted molar refractivity (Wildman–Crippen MR) is 233 cm³/mol. The van der Waals surface area contributed by atoms with Crippen LogP contribution in [0.2, 0.25) is 0 Å². The van der Waals surface area contributed by atoms with Crippen LogP contribution in [0.1, 0.15) is 0 Å². The number of pyridine rings is 1. The number of anilines is 3. The highest BCUT2D eigenvalue weighted by molar-refractivity contribution is 6.11. The molecular weight excluding hydrogens is 685 g/mol. The lowest BCUT2D eigenvalue weighted by Gasteiger charge is -2.25. The molecule has 0 atom stereocenters. The minimum absolute atomic E-state index is 0.851. The molecule has 0 radical (unpaired) electrons. The number of nitrogens with zero attached hydrogens (tertiary/aromatic N) is 2. The van der Waals surface area contributed by atoms with Gasteiger partial charge >= 0.3 is 0 Å². The van der Waals surface area contributed by atoms with Gasteiger partial charge < -0.3 is 18.1 Å². The molecule has 0 aliphatic heterocycles. The first-order chi connectivity index (χ1) is 27.8. The van der Waals surface area contributed by atoms with E-state index in [-0.39, 0.29) is 0 Å². The second kappa shape index (κ2) is 12.0. The third kappa shape index (κ3) is 4.60. The van der Waals surface area contributed by atoms with Crippen molar-refractivity contribution in [3.8, 4) is 22.3 Å². The first kappa shape index (κ1) is 30.9. The number of benzene rings is 8. The molecule has 0 N–H and O–H groups in total. The van der Waals surface area contributed by atoms with Crippen molar-refractivity contribution in [2.75, 3.05) is 4.90 Å². The standard InChI is InChI=1S/C52H32N2O2/c1-2-11-34(12-3-1)51-44-16-4-7-18-45(44)54-46(51)30-23-35-13-10-17-39(52(35)54)33-21-24-36(25-22-33)53(37-26-28-42-40-14-5-8-19-47(40)55-49(42)31-37)38-27-29-43-41-15-6-9-20-48(41)56-50(43)32-38/h1-32H. The van der Waals surface area contributed by atoms with Gasteiger partial charge in [-0.2, -0.15) is 0 Å². The summed E-state index contributed by atoms with van der Waals surface area (Å²) in [5.41, 5.74) is 14.9. The van der Waals surface area contributed by atoms with Crippen LogP contribution in [0.5, 0.6) is 0 Å². The van der Waals surface area contributed by atoms with Crippen molar-refractivity contribution < 1.29 is 8.83 Å². The van der Waals surface area contributed by atoms with Crippen molar-refractivity contribution in [2.24, 2.45) is 0 Å². The molecule has 12 rings (SSSR count). The average Bonchev–Trinajstić information content (AvgIpc) is 3.93. The lowest BCUT2D eigenvalue weighted by Crippen LogP contribution is -2.09. The molecule has 12 aromatic rings. The maximum Gasteiger partial charge on any atom is 0.137 e. The fourth-order valence-electron chi connectivity index (χ4n) is 8.86. The molecule has 0 saturated heterocycles. The van der Waals surface area contributed by atoms with Crippen molar-refractivity contribution >= 4 is 88.3 Å². The molecule has 0 bridgehead atoms. The third-order valence-electron chi connectivity index (χ3n) is 11.4. The van der Waals surface area contributed by atoms with Crippen LogP contribution < -0.4 is 4.90 Å². The topological polar surface area (TPSA) is 33.9 Å². The Kier molecular flexibility index (Phi) is 6.60. The normalized spacial score (nSPS) is 11.9. The maximum atomic E-state index is 6.39. The number of rotatable bonds is 5. The van der Waals surface area contributed by atoms with Gasteiger partial charge in [0.05, 0.1) is 16.6 Å². The molecule has 4 aromatic heterocycles. The smallest absolute Gasteiger partial charge is 0.137 e. The van der Waals surface area contributed by atoms with Gasteiger partial charge in [0.1, 0.15) is 22.3 Å². The molecule has 0 amide bonds. The summed E-state index contributed by atoms with van der Waals surface area (Å²) in [4.78, 5) is 2.29. The van der Waals surface area contributed by atoms with E-state index in [9.17, 15) is 0 Å². The van der Waals surface area contributed by atoms with Gasteiger partial charge in [-0.1, -0.05) is 121 Å². The SMILES string of the molecule is c1ccc(-c2c3ccccc3n3c2ccc2cccc(-c4ccc(N(c5ccc6c(c5)oc5ccccc56)c5ccc6c(c5)oc5ccccc56)cc4)c23)cc1. The molecule has 56 heavy (non-hydrogen) atoms. The maximum absolute atomic E-state index is 6.39. The quantitative estimate of drug-likeness (QED) is 0.178. The van der Waals surface area contributed by atoms with E-state index in [2.05, 4.69) is 179 Å². The van der Waals surface area contributed by atoms with Crippen LogP contribution in [-0.2, 0) is 0 Å². The van der Waals surface area contributed by atoms with Crippen molar-refractivity contribution in [3.05, 3.63) is 194 Å². The van der Waals surface area contributed by atoms with E-state index >= 15 is 0 Å². The minimum Gasteiger partial charge on any atom is -0.456 e. The number of para-hydroxylation sites is 4. The Balaban J connectivity index is 1.04. The summed E-state index contributed by atoms with van der Waals surface area (Å²) >= 11 is 0. The van der Waals surface area contributed by atoms with Gasteiger partial charge in [0.2, 0.25) is 0 Å². The molecule has 0 spiro atoms. The first-order valence-electron chi connectivity index (χ1n) is 19.0. The second-order valence-corrected chi connectivity index (χ2v) is 14.5. The lowest BCUT2D eigenvalue weighted by molar-refractivity contribution is 0.669. The zero-order valence-corrected chi connectivity index (χ0v) is 30.2. The lowest BCUT2D eigenvalue weighted by atomic mass is 10.00.